The van der Waals surface area contributed by atoms with Crippen LogP contribution >= 0.6 is 11.6 Å². The van der Waals surface area contributed by atoms with Crippen LogP contribution in [-0.2, 0) is 27.5 Å². The largest absolute Gasteiger partial charge is 0.496 e. The number of methoxy groups -OCH3 is 2. The summed E-state index contributed by atoms with van der Waals surface area (Å²) in [6.07, 6.45) is -3.33. The molecule has 0 aliphatic carbocycles. The highest BCUT2D eigenvalue weighted by Gasteiger charge is 2.41. The number of halogens is 5. The SMILES string of the molecule is COc1cc(Nc2ncc3c(n2)-c2ccc(Cl)cc2C(c2c(F)cccc2OC)=NC3)ccc1C(=O)NCCCC(=O)Nc1ccc(C#CCN)c(COC(=O)C(F)(F)F)c1. The second kappa shape index (κ2) is 19.4. The van der Waals surface area contributed by atoms with Gasteiger partial charge in [-0.3, -0.25) is 14.6 Å². The van der Waals surface area contributed by atoms with Gasteiger partial charge in [-0.15, -0.1) is 0 Å². The number of nitrogens with zero attached hydrogens (tertiary/aromatic N) is 3. The molecule has 1 aliphatic rings. The van der Waals surface area contributed by atoms with Gasteiger partial charge in [-0.25, -0.2) is 19.2 Å². The summed E-state index contributed by atoms with van der Waals surface area (Å²) in [6, 6.07) is 18.8. The van der Waals surface area contributed by atoms with Crippen LogP contribution in [0.15, 0.2) is 84.0 Å². The first-order chi connectivity index (χ1) is 29.3. The minimum Gasteiger partial charge on any atom is -0.496 e. The van der Waals surface area contributed by atoms with E-state index in [4.69, 9.17) is 36.8 Å². The van der Waals surface area contributed by atoms with Crippen LogP contribution in [0.5, 0.6) is 11.5 Å². The molecule has 2 amide bonds. The Morgan fingerprint density at radius 3 is 2.49 bits per heavy atom. The number of rotatable bonds is 13. The molecule has 18 heteroatoms. The highest BCUT2D eigenvalue weighted by molar-refractivity contribution is 6.31. The van der Waals surface area contributed by atoms with Gasteiger partial charge in [0.05, 0.1) is 49.8 Å². The molecule has 2 heterocycles. The van der Waals surface area contributed by atoms with Gasteiger partial charge >= 0.3 is 12.1 Å². The average molecular weight is 858 g/mol. The van der Waals surface area contributed by atoms with Crippen molar-refractivity contribution in [2.45, 2.75) is 32.2 Å². The lowest BCUT2D eigenvalue weighted by Gasteiger charge is -2.15. The summed E-state index contributed by atoms with van der Waals surface area (Å²) in [6.45, 7) is -0.481. The quantitative estimate of drug-likeness (QED) is 0.0413. The molecule has 0 bridgehead atoms. The zero-order valence-corrected chi connectivity index (χ0v) is 33.3. The molecule has 5 aromatic rings. The molecule has 0 spiro atoms. The molecule has 0 unspecified atom stereocenters. The normalized spacial score (nSPS) is 11.7. The highest BCUT2D eigenvalue weighted by Crippen LogP contribution is 2.36. The number of amides is 2. The van der Waals surface area contributed by atoms with Gasteiger partial charge in [-0.05, 0) is 61.0 Å². The molecule has 0 radical (unpaired) electrons. The van der Waals surface area contributed by atoms with E-state index in [1.54, 1.807) is 54.7 Å². The van der Waals surface area contributed by atoms with Gasteiger partial charge in [0.25, 0.3) is 5.91 Å². The number of aromatic nitrogens is 2. The third-order valence-corrected chi connectivity index (χ3v) is 9.30. The zero-order valence-electron chi connectivity index (χ0n) is 32.5. The molecule has 4 aromatic carbocycles. The number of benzene rings is 4. The van der Waals surface area contributed by atoms with E-state index < -0.39 is 36.4 Å². The first-order valence-corrected chi connectivity index (χ1v) is 18.8. The van der Waals surface area contributed by atoms with Crippen LogP contribution in [0, 0.1) is 17.7 Å². The van der Waals surface area contributed by atoms with Crippen molar-refractivity contribution in [3.05, 3.63) is 123 Å². The summed E-state index contributed by atoms with van der Waals surface area (Å²) in [5, 5.41) is 8.96. The van der Waals surface area contributed by atoms with E-state index >= 15 is 4.39 Å². The molecule has 5 N–H and O–H groups in total. The van der Waals surface area contributed by atoms with Gasteiger partial charge in [0.2, 0.25) is 11.9 Å². The highest BCUT2D eigenvalue weighted by atomic mass is 35.5. The number of aliphatic imine (C=N–C) groups is 1. The number of ether oxygens (including phenoxy) is 3. The fraction of sp³-hybridized carbons (Fsp3) is 0.209. The van der Waals surface area contributed by atoms with Gasteiger partial charge in [0.1, 0.15) is 23.9 Å². The number of hydrogen-bond acceptors (Lipinski definition) is 11. The van der Waals surface area contributed by atoms with Gasteiger partial charge < -0.3 is 35.9 Å². The predicted molar refractivity (Wildman–Crippen MR) is 219 cm³/mol. The Kier molecular flexibility index (Phi) is 13.8. The van der Waals surface area contributed by atoms with E-state index in [2.05, 4.69) is 37.5 Å². The Labute approximate surface area is 351 Å². The van der Waals surface area contributed by atoms with Crippen LogP contribution < -0.4 is 31.2 Å². The number of carbonyl (C=O) groups excluding carboxylic acids is 3. The standard InChI is InChI=1S/C43H36ClF4N7O6/c1-59-34-8-3-7-33(45)37(34)39-32-19-27(44)11-14-30(32)38-26(21-51-39)22-52-42(55-38)54-29-13-15-31(35(20-29)60-2)40(57)50-17-5-9-36(56)53-28-12-10-24(6-4-16-49)25(18-28)23-61-41(58)43(46,47)48/h3,7-8,10-15,18-20,22H,5,9,16-17,21,23,49H2,1-2H3,(H,50,57)(H,53,56)(H,52,54,55). The molecule has 0 saturated carbocycles. The van der Waals surface area contributed by atoms with Gasteiger partial charge in [-0.1, -0.05) is 35.6 Å². The minimum atomic E-state index is -5.17. The summed E-state index contributed by atoms with van der Waals surface area (Å²) in [5.41, 5.74) is 9.76. The average Bonchev–Trinajstić information content (AvgIpc) is 3.39. The van der Waals surface area contributed by atoms with E-state index in [0.29, 0.717) is 44.6 Å². The third kappa shape index (κ3) is 10.6. The number of esters is 1. The molecular formula is C43H36ClF4N7O6. The van der Waals surface area contributed by atoms with Crippen molar-refractivity contribution in [3.8, 4) is 34.6 Å². The Bertz CT molecular complexity index is 2590. The lowest BCUT2D eigenvalue weighted by molar-refractivity contribution is -0.201. The van der Waals surface area contributed by atoms with Crippen molar-refractivity contribution in [2.24, 2.45) is 10.7 Å². The summed E-state index contributed by atoms with van der Waals surface area (Å²) in [5.74, 6) is 2.27. The summed E-state index contributed by atoms with van der Waals surface area (Å²) < 4.78 is 68.6. The first kappa shape index (κ1) is 43.5. The summed E-state index contributed by atoms with van der Waals surface area (Å²) >= 11 is 6.42. The Morgan fingerprint density at radius 2 is 1.74 bits per heavy atom. The maximum absolute atomic E-state index is 15.3. The molecule has 0 fully saturated rings. The van der Waals surface area contributed by atoms with Crippen molar-refractivity contribution in [1.29, 1.82) is 0 Å². The Balaban J connectivity index is 1.08. The topological polar surface area (TPSA) is 179 Å². The minimum absolute atomic E-state index is 0.0125. The van der Waals surface area contributed by atoms with Crippen LogP contribution in [0.4, 0.5) is 34.9 Å². The molecule has 314 valence electrons. The number of fused-ring (bicyclic) bond motifs is 3. The first-order valence-electron chi connectivity index (χ1n) is 18.4. The summed E-state index contributed by atoms with van der Waals surface area (Å²) in [4.78, 5) is 51.1. The van der Waals surface area contributed by atoms with E-state index in [-0.39, 0.29) is 72.1 Å². The molecule has 6 rings (SSSR count). The number of nitrogens with two attached hydrogens (primary N) is 1. The van der Waals surface area contributed by atoms with Crippen molar-refractivity contribution in [2.75, 3.05) is 37.9 Å². The molecule has 1 aliphatic heterocycles. The molecule has 61 heavy (non-hydrogen) atoms. The van der Waals surface area contributed by atoms with Gasteiger partial charge in [0.15, 0.2) is 0 Å². The third-order valence-electron chi connectivity index (χ3n) is 9.07. The smallest absolute Gasteiger partial charge is 0.490 e. The van der Waals surface area contributed by atoms with Crippen LogP contribution in [0.1, 0.15) is 51.0 Å². The van der Waals surface area contributed by atoms with Crippen molar-refractivity contribution < 1.29 is 46.2 Å². The number of nitrogens with one attached hydrogen (secondary N) is 3. The van der Waals surface area contributed by atoms with E-state index in [9.17, 15) is 27.6 Å². The molecule has 0 saturated heterocycles. The van der Waals surface area contributed by atoms with Crippen LogP contribution in [0.2, 0.25) is 5.02 Å². The molecular weight excluding hydrogens is 822 g/mol. The summed E-state index contributed by atoms with van der Waals surface area (Å²) in [7, 11) is 2.86. The zero-order chi connectivity index (χ0) is 43.7. The molecule has 1 aromatic heterocycles. The van der Waals surface area contributed by atoms with Crippen LogP contribution in [-0.4, -0.2) is 66.9 Å². The molecule has 0 atom stereocenters. The lowest BCUT2D eigenvalue weighted by Crippen LogP contribution is -2.26. The van der Waals surface area contributed by atoms with E-state index in [1.807, 2.05) is 0 Å². The predicted octanol–water partition coefficient (Wildman–Crippen LogP) is 7.11. The van der Waals surface area contributed by atoms with Crippen LogP contribution in [0.25, 0.3) is 11.3 Å². The maximum atomic E-state index is 15.3. The van der Waals surface area contributed by atoms with E-state index in [1.165, 1.54) is 38.5 Å². The Morgan fingerprint density at radius 1 is 0.951 bits per heavy atom. The molecule has 13 nitrogen and oxygen atoms in total. The number of carbonyl (C=O) groups is 3. The monoisotopic (exact) mass is 857 g/mol. The maximum Gasteiger partial charge on any atom is 0.490 e. The second-order valence-corrected chi connectivity index (χ2v) is 13.6. The van der Waals surface area contributed by atoms with Crippen molar-refractivity contribution in [1.82, 2.24) is 15.3 Å². The van der Waals surface area contributed by atoms with Gasteiger partial charge in [0, 0.05) is 69.4 Å². The van der Waals surface area contributed by atoms with E-state index in [0.717, 1.165) is 0 Å². The second-order valence-electron chi connectivity index (χ2n) is 13.1. The fourth-order valence-electron chi connectivity index (χ4n) is 6.24. The van der Waals surface area contributed by atoms with Crippen molar-refractivity contribution >= 4 is 52.4 Å². The fourth-order valence-corrected chi connectivity index (χ4v) is 6.41. The Hall–Kier alpha value is -7.03. The van der Waals surface area contributed by atoms with Gasteiger partial charge in [-0.2, -0.15) is 13.2 Å². The number of alkyl halides is 3. The van der Waals surface area contributed by atoms with Crippen LogP contribution in [0.3, 0.4) is 0 Å². The number of hydrogen-bond donors (Lipinski definition) is 4. The number of anilines is 3. The van der Waals surface area contributed by atoms with Crippen molar-refractivity contribution in [3.63, 3.8) is 0 Å². The lowest BCUT2D eigenvalue weighted by atomic mass is 9.94.